The SMILES string of the molecule is CN(C)CCO.O=C(O)C(F)(F)C(F)(F)C(F)(F)F. The standard InChI is InChI=1S/C4HF7O2.C4H11NO/c5-2(6,1(12)13)3(7,8)4(9,10)11;1-5(2)3-4-6/h(H,12,13);6H,3-4H2,1-2H3. The van der Waals surface area contributed by atoms with Gasteiger partial charge in [-0.25, -0.2) is 4.79 Å². The number of nitrogens with zero attached hydrogens (tertiary/aromatic N) is 1. The molecule has 0 amide bonds. The summed E-state index contributed by atoms with van der Waals surface area (Å²) in [5.74, 6) is -16.3. The van der Waals surface area contributed by atoms with Crippen LogP contribution < -0.4 is 0 Å². The highest BCUT2D eigenvalue weighted by Crippen LogP contribution is 2.46. The molecule has 0 saturated carbocycles. The quantitative estimate of drug-likeness (QED) is 0.772. The third-order valence-electron chi connectivity index (χ3n) is 1.57. The zero-order valence-corrected chi connectivity index (χ0v) is 9.81. The summed E-state index contributed by atoms with van der Waals surface area (Å²) in [7, 11) is 3.85. The molecule has 0 aromatic rings. The number of hydrogen-bond donors (Lipinski definition) is 2. The Morgan fingerprint density at radius 3 is 1.47 bits per heavy atom. The number of rotatable bonds is 4. The van der Waals surface area contributed by atoms with Gasteiger partial charge in [-0.15, -0.1) is 0 Å². The molecule has 0 aromatic carbocycles. The summed E-state index contributed by atoms with van der Waals surface area (Å²) in [4.78, 5) is 11.3. The molecule has 0 rings (SSSR count). The Morgan fingerprint density at radius 2 is 1.42 bits per heavy atom. The third-order valence-corrected chi connectivity index (χ3v) is 1.57. The van der Waals surface area contributed by atoms with Crippen LogP contribution in [0.3, 0.4) is 0 Å². The van der Waals surface area contributed by atoms with Crippen molar-refractivity contribution in [1.29, 1.82) is 0 Å². The smallest absolute Gasteiger partial charge is 0.460 e. The van der Waals surface area contributed by atoms with Crippen molar-refractivity contribution in [1.82, 2.24) is 4.90 Å². The van der Waals surface area contributed by atoms with Crippen molar-refractivity contribution in [2.75, 3.05) is 27.2 Å². The van der Waals surface area contributed by atoms with Crippen molar-refractivity contribution in [2.45, 2.75) is 18.0 Å². The lowest BCUT2D eigenvalue weighted by molar-refractivity contribution is -0.347. The van der Waals surface area contributed by atoms with Crippen LogP contribution in [0.2, 0.25) is 0 Å². The maximum Gasteiger partial charge on any atom is 0.460 e. The van der Waals surface area contributed by atoms with E-state index < -0.39 is 24.0 Å². The number of aliphatic carboxylic acids is 1. The maximum atomic E-state index is 11.8. The Bertz CT molecular complexity index is 291. The minimum absolute atomic E-state index is 0.257. The van der Waals surface area contributed by atoms with Gasteiger partial charge in [0.2, 0.25) is 0 Å². The molecule has 0 aliphatic carbocycles. The fraction of sp³-hybridized carbons (Fsp3) is 0.875. The molecule has 0 aliphatic heterocycles. The normalized spacial score (nSPS) is 13.0. The third kappa shape index (κ3) is 5.59. The molecule has 0 spiro atoms. The van der Waals surface area contributed by atoms with Gasteiger partial charge < -0.3 is 15.1 Å². The molecule has 11 heteroatoms. The summed E-state index contributed by atoms with van der Waals surface area (Å²) in [6.45, 7) is 1.02. The lowest BCUT2D eigenvalue weighted by Crippen LogP contribution is -2.56. The Hall–Kier alpha value is -1.10. The molecule has 0 bridgehead atoms. The molecule has 0 unspecified atom stereocenters. The second-order valence-corrected chi connectivity index (χ2v) is 3.48. The lowest BCUT2D eigenvalue weighted by Gasteiger charge is -2.24. The minimum Gasteiger partial charge on any atom is -0.477 e. The molecule has 0 radical (unpaired) electrons. The fourth-order valence-electron chi connectivity index (χ4n) is 0.512. The molecule has 0 aromatic heterocycles. The Labute approximate surface area is 103 Å². The van der Waals surface area contributed by atoms with Crippen LogP contribution in [0.25, 0.3) is 0 Å². The molecule has 0 heterocycles. The van der Waals surface area contributed by atoms with Gasteiger partial charge in [0.1, 0.15) is 0 Å². The predicted molar refractivity (Wildman–Crippen MR) is 49.2 cm³/mol. The number of aliphatic hydroxyl groups is 1. The van der Waals surface area contributed by atoms with Gasteiger partial charge in [0.05, 0.1) is 6.61 Å². The van der Waals surface area contributed by atoms with Gasteiger partial charge in [0, 0.05) is 6.54 Å². The van der Waals surface area contributed by atoms with Crippen LogP contribution in [0.4, 0.5) is 30.7 Å². The first-order valence-electron chi connectivity index (χ1n) is 4.53. The fourth-order valence-corrected chi connectivity index (χ4v) is 0.512. The second-order valence-electron chi connectivity index (χ2n) is 3.48. The minimum atomic E-state index is -6.60. The van der Waals surface area contributed by atoms with Gasteiger partial charge in [0.15, 0.2) is 0 Å². The van der Waals surface area contributed by atoms with Gasteiger partial charge in [-0.05, 0) is 14.1 Å². The van der Waals surface area contributed by atoms with E-state index in [1.54, 1.807) is 0 Å². The van der Waals surface area contributed by atoms with Gasteiger partial charge in [-0.3, -0.25) is 0 Å². The zero-order chi connectivity index (χ0) is 16.1. The number of carboxylic acids is 1. The van der Waals surface area contributed by atoms with E-state index in [2.05, 4.69) is 0 Å². The first kappa shape index (κ1) is 20.2. The Kier molecular flexibility index (Phi) is 7.33. The van der Waals surface area contributed by atoms with Gasteiger partial charge >= 0.3 is 24.0 Å². The highest BCUT2D eigenvalue weighted by atomic mass is 19.4. The van der Waals surface area contributed by atoms with E-state index in [-0.39, 0.29) is 6.61 Å². The van der Waals surface area contributed by atoms with Gasteiger partial charge in [-0.1, -0.05) is 0 Å². The Morgan fingerprint density at radius 1 is 1.05 bits per heavy atom. The zero-order valence-electron chi connectivity index (χ0n) is 9.81. The average molecular weight is 303 g/mol. The van der Waals surface area contributed by atoms with Crippen molar-refractivity contribution in [2.24, 2.45) is 0 Å². The number of aliphatic hydroxyl groups excluding tert-OH is 1. The average Bonchev–Trinajstić information content (AvgIpc) is 2.15. The number of likely N-dealkylation sites (N-methyl/N-ethyl adjacent to an activating group) is 1. The summed E-state index contributed by atoms with van der Waals surface area (Å²) in [6.07, 6.45) is -6.60. The number of alkyl halides is 7. The van der Waals surface area contributed by atoms with Gasteiger partial charge in [0.25, 0.3) is 0 Å². The largest absolute Gasteiger partial charge is 0.477 e. The van der Waals surface area contributed by atoms with Crippen molar-refractivity contribution >= 4 is 5.97 Å². The molecule has 0 aliphatic rings. The predicted octanol–water partition coefficient (Wildman–Crippen LogP) is 1.44. The van der Waals surface area contributed by atoms with Crippen LogP contribution in [0.1, 0.15) is 0 Å². The van der Waals surface area contributed by atoms with Crippen molar-refractivity contribution in [3.05, 3.63) is 0 Å². The topological polar surface area (TPSA) is 60.8 Å². The first-order chi connectivity index (χ1) is 8.21. The van der Waals surface area contributed by atoms with E-state index in [9.17, 15) is 35.5 Å². The maximum absolute atomic E-state index is 11.8. The molecule has 2 N–H and O–H groups in total. The molecule has 19 heavy (non-hydrogen) atoms. The van der Waals surface area contributed by atoms with Crippen molar-refractivity contribution < 1.29 is 45.7 Å². The van der Waals surface area contributed by atoms with Crippen LogP contribution in [0, 0.1) is 0 Å². The van der Waals surface area contributed by atoms with Crippen molar-refractivity contribution in [3.8, 4) is 0 Å². The summed E-state index contributed by atoms with van der Waals surface area (Å²) in [6, 6.07) is 0. The summed E-state index contributed by atoms with van der Waals surface area (Å²) >= 11 is 0. The number of halogens is 7. The molecular weight excluding hydrogens is 291 g/mol. The van der Waals surface area contributed by atoms with Crippen LogP contribution in [0.15, 0.2) is 0 Å². The summed E-state index contributed by atoms with van der Waals surface area (Å²) in [5.41, 5.74) is 0. The van der Waals surface area contributed by atoms with Crippen LogP contribution >= 0.6 is 0 Å². The molecule has 0 saturated heterocycles. The van der Waals surface area contributed by atoms with Gasteiger partial charge in [-0.2, -0.15) is 30.7 Å². The van der Waals surface area contributed by atoms with E-state index in [1.807, 2.05) is 19.0 Å². The lowest BCUT2D eigenvalue weighted by atomic mass is 10.1. The molecular formula is C8H12F7NO3. The second kappa shape index (κ2) is 6.89. The van der Waals surface area contributed by atoms with E-state index in [0.717, 1.165) is 6.54 Å². The van der Waals surface area contributed by atoms with E-state index >= 15 is 0 Å². The number of carbonyl (C=O) groups is 1. The van der Waals surface area contributed by atoms with E-state index in [0.29, 0.717) is 0 Å². The molecule has 116 valence electrons. The number of hydrogen-bond acceptors (Lipinski definition) is 3. The van der Waals surface area contributed by atoms with Crippen LogP contribution in [-0.4, -0.2) is 66.4 Å². The molecule has 0 atom stereocenters. The van der Waals surface area contributed by atoms with Crippen LogP contribution in [0.5, 0.6) is 0 Å². The van der Waals surface area contributed by atoms with Crippen molar-refractivity contribution in [3.63, 3.8) is 0 Å². The highest BCUT2D eigenvalue weighted by molar-refractivity contribution is 5.76. The highest BCUT2D eigenvalue weighted by Gasteiger charge is 2.76. The molecule has 4 nitrogen and oxygen atoms in total. The van der Waals surface area contributed by atoms with E-state index in [1.165, 1.54) is 0 Å². The summed E-state index contributed by atoms with van der Waals surface area (Å²) in [5, 5.41) is 15.6. The monoisotopic (exact) mass is 303 g/mol. The number of carboxylic acid groups (broad SMARTS) is 1. The van der Waals surface area contributed by atoms with E-state index in [4.69, 9.17) is 10.2 Å². The Balaban J connectivity index is 0. The molecule has 0 fully saturated rings. The van der Waals surface area contributed by atoms with Crippen LogP contribution in [-0.2, 0) is 4.79 Å². The summed E-state index contributed by atoms with van der Waals surface area (Å²) < 4.78 is 80.5. The first-order valence-corrected chi connectivity index (χ1v) is 4.53.